The Labute approximate surface area is 111 Å². The lowest BCUT2D eigenvalue weighted by atomic mass is 10.0. The largest absolute Gasteiger partial charge is 0.356 e. The summed E-state index contributed by atoms with van der Waals surface area (Å²) in [5.74, 6) is 6.91. The summed E-state index contributed by atoms with van der Waals surface area (Å²) in [5.41, 5.74) is 2.39. The quantitative estimate of drug-likeness (QED) is 0.479. The maximum atomic E-state index is 10.9. The first-order valence-corrected chi connectivity index (χ1v) is 6.52. The molecule has 3 N–H and O–H groups in total. The zero-order valence-electron chi connectivity index (χ0n) is 11.0. The monoisotopic (exact) mass is 265 g/mol. The normalized spacial score (nSPS) is 18.6. The molecule has 1 aromatic heterocycles. The van der Waals surface area contributed by atoms with Crippen molar-refractivity contribution in [3.63, 3.8) is 0 Å². The lowest BCUT2D eigenvalue weighted by Gasteiger charge is -2.18. The Hall–Kier alpha value is -1.89. The van der Waals surface area contributed by atoms with Gasteiger partial charge >= 0.3 is 0 Å². The van der Waals surface area contributed by atoms with Gasteiger partial charge in [0.2, 0.25) is 0 Å². The molecule has 1 fully saturated rings. The highest BCUT2D eigenvalue weighted by molar-refractivity contribution is 5.55. The molecule has 19 heavy (non-hydrogen) atoms. The summed E-state index contributed by atoms with van der Waals surface area (Å²) in [7, 11) is 0. The van der Waals surface area contributed by atoms with Crippen LogP contribution in [0.2, 0.25) is 0 Å². The molecule has 2 heterocycles. The van der Waals surface area contributed by atoms with E-state index in [4.69, 9.17) is 5.84 Å². The predicted molar refractivity (Wildman–Crippen MR) is 73.9 cm³/mol. The second-order valence-corrected chi connectivity index (χ2v) is 4.86. The molecule has 0 radical (unpaired) electrons. The van der Waals surface area contributed by atoms with Gasteiger partial charge in [0.1, 0.15) is 11.6 Å². The summed E-state index contributed by atoms with van der Waals surface area (Å²) in [5, 5.41) is 10.9. The summed E-state index contributed by atoms with van der Waals surface area (Å²) in [4.78, 5) is 16.9. The number of aromatic nitrogens is 1. The smallest absolute Gasteiger partial charge is 0.276 e. The molecule has 0 bridgehead atoms. The number of nitro groups is 1. The Morgan fingerprint density at radius 1 is 1.63 bits per heavy atom. The van der Waals surface area contributed by atoms with Crippen LogP contribution in [0.1, 0.15) is 26.2 Å². The summed E-state index contributed by atoms with van der Waals surface area (Å²) in [6.07, 6.45) is 3.47. The van der Waals surface area contributed by atoms with Crippen LogP contribution < -0.4 is 16.2 Å². The minimum absolute atomic E-state index is 0.0110. The fourth-order valence-electron chi connectivity index (χ4n) is 2.53. The lowest BCUT2D eigenvalue weighted by Crippen LogP contribution is -2.22. The molecule has 0 aliphatic carbocycles. The molecule has 1 atom stereocenters. The minimum Gasteiger partial charge on any atom is -0.356 e. The number of hydrogen-bond donors (Lipinski definition) is 2. The standard InChI is InChI=1S/C12H19N5O2/c1-2-3-9-4-5-16(8-9)12-7-10(17(18)19)6-11(14-12)15-13/h6-7,9H,2-5,8,13H2,1H3,(H,14,15). The van der Waals surface area contributed by atoms with Crippen molar-refractivity contribution in [3.05, 3.63) is 22.2 Å². The zero-order valence-corrected chi connectivity index (χ0v) is 11.0. The highest BCUT2D eigenvalue weighted by atomic mass is 16.6. The van der Waals surface area contributed by atoms with Gasteiger partial charge in [0, 0.05) is 13.1 Å². The van der Waals surface area contributed by atoms with Gasteiger partial charge in [-0.2, -0.15) is 0 Å². The number of rotatable bonds is 5. The number of anilines is 2. The van der Waals surface area contributed by atoms with E-state index in [2.05, 4.69) is 22.2 Å². The van der Waals surface area contributed by atoms with Crippen molar-refractivity contribution in [1.82, 2.24) is 4.98 Å². The topological polar surface area (TPSA) is 97.3 Å². The summed E-state index contributed by atoms with van der Waals surface area (Å²) in [6.45, 7) is 3.97. The van der Waals surface area contributed by atoms with Gasteiger partial charge in [-0.25, -0.2) is 10.8 Å². The van der Waals surface area contributed by atoms with E-state index in [-0.39, 0.29) is 5.69 Å². The van der Waals surface area contributed by atoms with Crippen molar-refractivity contribution in [1.29, 1.82) is 0 Å². The minimum atomic E-state index is -0.425. The van der Waals surface area contributed by atoms with Crippen LogP contribution in [-0.4, -0.2) is 23.0 Å². The molecule has 7 nitrogen and oxygen atoms in total. The molecule has 104 valence electrons. The van der Waals surface area contributed by atoms with E-state index in [0.29, 0.717) is 17.6 Å². The van der Waals surface area contributed by atoms with Crippen LogP contribution in [0.25, 0.3) is 0 Å². The van der Waals surface area contributed by atoms with Gasteiger partial charge in [0.25, 0.3) is 5.69 Å². The SMILES string of the molecule is CCCC1CCN(c2cc([N+](=O)[O-])cc(NN)n2)C1. The average molecular weight is 265 g/mol. The molecule has 2 rings (SSSR count). The third kappa shape index (κ3) is 3.11. The molecule has 1 aliphatic heterocycles. The van der Waals surface area contributed by atoms with Gasteiger partial charge in [-0.05, 0) is 18.8 Å². The van der Waals surface area contributed by atoms with Crippen LogP contribution >= 0.6 is 0 Å². The fraction of sp³-hybridized carbons (Fsp3) is 0.583. The highest BCUT2D eigenvalue weighted by Crippen LogP contribution is 2.28. The maximum absolute atomic E-state index is 10.9. The second kappa shape index (κ2) is 5.83. The van der Waals surface area contributed by atoms with Crippen LogP contribution in [0.15, 0.2) is 12.1 Å². The summed E-state index contributed by atoms with van der Waals surface area (Å²) >= 11 is 0. The average Bonchev–Trinajstić information content (AvgIpc) is 2.87. The number of nitrogen functional groups attached to an aromatic ring is 1. The summed E-state index contributed by atoms with van der Waals surface area (Å²) < 4.78 is 0. The van der Waals surface area contributed by atoms with E-state index in [0.717, 1.165) is 25.9 Å². The Balaban J connectivity index is 2.20. The molecule has 0 aromatic carbocycles. The van der Waals surface area contributed by atoms with E-state index in [1.54, 1.807) is 0 Å². The molecular formula is C12H19N5O2. The van der Waals surface area contributed by atoms with Crippen molar-refractivity contribution in [2.24, 2.45) is 11.8 Å². The van der Waals surface area contributed by atoms with Crippen molar-refractivity contribution in [3.8, 4) is 0 Å². The van der Waals surface area contributed by atoms with Crippen molar-refractivity contribution in [2.45, 2.75) is 26.2 Å². The van der Waals surface area contributed by atoms with Gasteiger partial charge in [0.15, 0.2) is 0 Å². The van der Waals surface area contributed by atoms with Crippen LogP contribution in [-0.2, 0) is 0 Å². The van der Waals surface area contributed by atoms with Gasteiger partial charge in [-0.1, -0.05) is 13.3 Å². The number of hydrazine groups is 1. The van der Waals surface area contributed by atoms with E-state index >= 15 is 0 Å². The zero-order chi connectivity index (χ0) is 13.8. The van der Waals surface area contributed by atoms with Gasteiger partial charge < -0.3 is 10.3 Å². The van der Waals surface area contributed by atoms with Gasteiger partial charge in [-0.3, -0.25) is 10.1 Å². The molecule has 0 spiro atoms. The first kappa shape index (κ1) is 13.5. The van der Waals surface area contributed by atoms with Crippen LogP contribution in [0.4, 0.5) is 17.3 Å². The van der Waals surface area contributed by atoms with E-state index in [9.17, 15) is 10.1 Å². The Morgan fingerprint density at radius 3 is 3.05 bits per heavy atom. The molecule has 1 unspecified atom stereocenters. The predicted octanol–water partition coefficient (Wildman–Crippen LogP) is 1.90. The third-order valence-corrected chi connectivity index (χ3v) is 3.46. The Kier molecular flexibility index (Phi) is 4.16. The van der Waals surface area contributed by atoms with Crippen molar-refractivity contribution < 1.29 is 4.92 Å². The lowest BCUT2D eigenvalue weighted by molar-refractivity contribution is -0.384. The molecule has 1 saturated heterocycles. The third-order valence-electron chi connectivity index (χ3n) is 3.46. The molecule has 1 aromatic rings. The molecule has 7 heteroatoms. The number of hydrogen-bond acceptors (Lipinski definition) is 6. The highest BCUT2D eigenvalue weighted by Gasteiger charge is 2.24. The molecule has 0 amide bonds. The number of pyridine rings is 1. The molecule has 1 aliphatic rings. The fourth-order valence-corrected chi connectivity index (χ4v) is 2.53. The van der Waals surface area contributed by atoms with E-state index in [1.807, 2.05) is 0 Å². The second-order valence-electron chi connectivity index (χ2n) is 4.86. The Bertz CT molecular complexity index is 465. The van der Waals surface area contributed by atoms with Crippen LogP contribution in [0, 0.1) is 16.0 Å². The first-order valence-electron chi connectivity index (χ1n) is 6.52. The van der Waals surface area contributed by atoms with Crippen LogP contribution in [0.3, 0.4) is 0 Å². The van der Waals surface area contributed by atoms with E-state index < -0.39 is 4.92 Å². The van der Waals surface area contributed by atoms with E-state index in [1.165, 1.54) is 18.6 Å². The number of nitrogens with one attached hydrogen (secondary N) is 1. The van der Waals surface area contributed by atoms with Gasteiger partial charge in [-0.15, -0.1) is 0 Å². The van der Waals surface area contributed by atoms with Crippen molar-refractivity contribution in [2.75, 3.05) is 23.4 Å². The molecular weight excluding hydrogens is 246 g/mol. The maximum Gasteiger partial charge on any atom is 0.276 e. The summed E-state index contributed by atoms with van der Waals surface area (Å²) in [6, 6.07) is 2.85. The van der Waals surface area contributed by atoms with Crippen molar-refractivity contribution >= 4 is 17.3 Å². The molecule has 0 saturated carbocycles. The number of nitrogens with zero attached hydrogens (tertiary/aromatic N) is 3. The van der Waals surface area contributed by atoms with Crippen LogP contribution in [0.5, 0.6) is 0 Å². The first-order chi connectivity index (χ1) is 9.13. The van der Waals surface area contributed by atoms with Gasteiger partial charge in [0.05, 0.1) is 17.1 Å². The Morgan fingerprint density at radius 2 is 2.42 bits per heavy atom. The number of nitrogens with two attached hydrogens (primary N) is 1.